The van der Waals surface area contributed by atoms with Crippen molar-refractivity contribution in [1.82, 2.24) is 4.31 Å². The molecule has 0 saturated carbocycles. The highest BCUT2D eigenvalue weighted by atomic mass is 32.2. The molecule has 0 N–H and O–H groups in total. The van der Waals surface area contributed by atoms with E-state index in [1.165, 1.54) is 6.07 Å². The van der Waals surface area contributed by atoms with Crippen LogP contribution >= 0.6 is 0 Å². The molecule has 3 rings (SSSR count). The lowest BCUT2D eigenvalue weighted by Crippen LogP contribution is -2.49. The van der Waals surface area contributed by atoms with Crippen molar-refractivity contribution in [2.75, 3.05) is 31.1 Å². The van der Waals surface area contributed by atoms with Crippen LogP contribution in [0.1, 0.15) is 0 Å². The number of nitrogens with zero attached hydrogens (tertiary/aromatic N) is 2. The van der Waals surface area contributed by atoms with Gasteiger partial charge in [0.15, 0.2) is 4.90 Å². The maximum Gasteiger partial charge on any atom is 0.249 e. The summed E-state index contributed by atoms with van der Waals surface area (Å²) in [5, 5.41) is 0. The van der Waals surface area contributed by atoms with Crippen LogP contribution in [0, 0.1) is 17.5 Å². The van der Waals surface area contributed by atoms with Gasteiger partial charge < -0.3 is 4.90 Å². The maximum absolute atomic E-state index is 13.8. The van der Waals surface area contributed by atoms with Crippen molar-refractivity contribution in [1.29, 1.82) is 0 Å². The Morgan fingerprint density at radius 3 is 1.88 bits per heavy atom. The summed E-state index contributed by atoms with van der Waals surface area (Å²) in [6, 6.07) is 9.12. The van der Waals surface area contributed by atoms with Gasteiger partial charge in [0.2, 0.25) is 10.0 Å². The molecule has 24 heavy (non-hydrogen) atoms. The van der Waals surface area contributed by atoms with Crippen LogP contribution in [-0.4, -0.2) is 38.9 Å². The standard InChI is InChI=1S/C16H15F3N2O2S/c17-12-4-1-2-7-15(12)20-8-10-21(11-9-20)24(22,23)16-13(18)5-3-6-14(16)19/h1-7H,8-11H2. The van der Waals surface area contributed by atoms with Gasteiger partial charge in [-0.25, -0.2) is 21.6 Å². The van der Waals surface area contributed by atoms with Gasteiger partial charge in [0.05, 0.1) is 5.69 Å². The molecule has 0 radical (unpaired) electrons. The second-order valence-corrected chi connectivity index (χ2v) is 7.27. The summed E-state index contributed by atoms with van der Waals surface area (Å²) in [5.74, 6) is -2.63. The van der Waals surface area contributed by atoms with Crippen LogP contribution in [-0.2, 0) is 10.0 Å². The minimum Gasteiger partial charge on any atom is -0.367 e. The van der Waals surface area contributed by atoms with Crippen LogP contribution in [0.15, 0.2) is 47.4 Å². The molecule has 0 amide bonds. The van der Waals surface area contributed by atoms with Gasteiger partial charge in [0.1, 0.15) is 17.5 Å². The Labute approximate surface area is 138 Å². The number of hydrogen-bond donors (Lipinski definition) is 0. The molecule has 0 atom stereocenters. The predicted octanol–water partition coefficient (Wildman–Crippen LogP) is 2.61. The van der Waals surface area contributed by atoms with Crippen LogP contribution < -0.4 is 4.90 Å². The fraction of sp³-hybridized carbons (Fsp3) is 0.250. The molecule has 2 aromatic carbocycles. The summed E-state index contributed by atoms with van der Waals surface area (Å²) >= 11 is 0. The molecule has 4 nitrogen and oxygen atoms in total. The van der Waals surface area contributed by atoms with Gasteiger partial charge in [-0.3, -0.25) is 0 Å². The first-order valence-corrected chi connectivity index (χ1v) is 8.79. The van der Waals surface area contributed by atoms with Crippen molar-refractivity contribution >= 4 is 15.7 Å². The van der Waals surface area contributed by atoms with Crippen molar-refractivity contribution in [3.8, 4) is 0 Å². The van der Waals surface area contributed by atoms with Crippen LogP contribution in [0.4, 0.5) is 18.9 Å². The first kappa shape index (κ1) is 16.8. The van der Waals surface area contributed by atoms with Crippen molar-refractivity contribution < 1.29 is 21.6 Å². The van der Waals surface area contributed by atoms with E-state index in [9.17, 15) is 21.6 Å². The molecule has 2 aromatic rings. The average Bonchev–Trinajstić information content (AvgIpc) is 2.55. The first-order valence-electron chi connectivity index (χ1n) is 7.35. The highest BCUT2D eigenvalue weighted by Gasteiger charge is 2.33. The highest BCUT2D eigenvalue weighted by molar-refractivity contribution is 7.89. The van der Waals surface area contributed by atoms with Gasteiger partial charge in [-0.05, 0) is 24.3 Å². The third-order valence-corrected chi connectivity index (χ3v) is 5.90. The number of sulfonamides is 1. The molecule has 0 spiro atoms. The summed E-state index contributed by atoms with van der Waals surface area (Å²) in [6.07, 6.45) is 0. The largest absolute Gasteiger partial charge is 0.367 e. The predicted molar refractivity (Wildman–Crippen MR) is 83.7 cm³/mol. The minimum absolute atomic E-state index is 0.0183. The van der Waals surface area contributed by atoms with Crippen LogP contribution in [0.3, 0.4) is 0 Å². The Morgan fingerprint density at radius 2 is 1.29 bits per heavy atom. The smallest absolute Gasteiger partial charge is 0.249 e. The molecule has 128 valence electrons. The van der Waals surface area contributed by atoms with Crippen molar-refractivity contribution in [3.63, 3.8) is 0 Å². The molecule has 0 unspecified atom stereocenters. The second-order valence-electron chi connectivity index (χ2n) is 5.39. The van der Waals surface area contributed by atoms with Gasteiger partial charge in [0, 0.05) is 26.2 Å². The van der Waals surface area contributed by atoms with E-state index in [4.69, 9.17) is 0 Å². The van der Waals surface area contributed by atoms with E-state index in [0.29, 0.717) is 5.69 Å². The van der Waals surface area contributed by atoms with E-state index < -0.39 is 32.4 Å². The lowest BCUT2D eigenvalue weighted by Gasteiger charge is -2.35. The summed E-state index contributed by atoms with van der Waals surface area (Å²) in [4.78, 5) is 0.767. The monoisotopic (exact) mass is 356 g/mol. The molecule has 1 aliphatic rings. The Bertz CT molecular complexity index is 830. The Balaban J connectivity index is 1.81. The Hall–Kier alpha value is -2.06. The lowest BCUT2D eigenvalue weighted by molar-refractivity contribution is 0.377. The highest BCUT2D eigenvalue weighted by Crippen LogP contribution is 2.25. The molecule has 1 heterocycles. The molecule has 0 aromatic heterocycles. The number of anilines is 1. The van der Waals surface area contributed by atoms with Gasteiger partial charge in [0.25, 0.3) is 0 Å². The van der Waals surface area contributed by atoms with Crippen molar-refractivity contribution in [3.05, 3.63) is 59.9 Å². The number of para-hydroxylation sites is 1. The SMILES string of the molecule is O=S(=O)(c1c(F)cccc1F)N1CCN(c2ccccc2F)CC1. The van der Waals surface area contributed by atoms with E-state index in [2.05, 4.69) is 0 Å². The summed E-state index contributed by atoms with van der Waals surface area (Å²) < 4.78 is 67.4. The maximum atomic E-state index is 13.8. The minimum atomic E-state index is -4.28. The number of halogens is 3. The molecular weight excluding hydrogens is 341 g/mol. The number of benzene rings is 2. The van der Waals surface area contributed by atoms with Gasteiger partial charge >= 0.3 is 0 Å². The quantitative estimate of drug-likeness (QED) is 0.849. The van der Waals surface area contributed by atoms with Gasteiger partial charge in [-0.1, -0.05) is 18.2 Å². The van der Waals surface area contributed by atoms with E-state index in [1.807, 2.05) is 0 Å². The van der Waals surface area contributed by atoms with Crippen LogP contribution in [0.2, 0.25) is 0 Å². The molecule has 0 aliphatic carbocycles. The molecule has 1 aliphatic heterocycles. The average molecular weight is 356 g/mol. The van der Waals surface area contributed by atoms with Gasteiger partial charge in [-0.15, -0.1) is 0 Å². The summed E-state index contributed by atoms with van der Waals surface area (Å²) in [5.41, 5.74) is 0.381. The van der Waals surface area contributed by atoms with Gasteiger partial charge in [-0.2, -0.15) is 4.31 Å². The zero-order chi connectivity index (χ0) is 17.3. The third-order valence-electron chi connectivity index (χ3n) is 3.95. The topological polar surface area (TPSA) is 40.6 Å². The Kier molecular flexibility index (Phi) is 4.51. The molecular formula is C16H15F3N2O2S. The third kappa shape index (κ3) is 2.99. The van der Waals surface area contributed by atoms with Crippen molar-refractivity contribution in [2.45, 2.75) is 4.90 Å². The zero-order valence-corrected chi connectivity index (χ0v) is 13.4. The number of hydrogen-bond acceptors (Lipinski definition) is 3. The fourth-order valence-electron chi connectivity index (χ4n) is 2.74. The lowest BCUT2D eigenvalue weighted by atomic mass is 10.2. The Morgan fingerprint density at radius 1 is 0.750 bits per heavy atom. The van der Waals surface area contributed by atoms with E-state index in [-0.39, 0.29) is 26.2 Å². The normalized spacial score (nSPS) is 16.4. The fourth-order valence-corrected chi connectivity index (χ4v) is 4.27. The molecule has 1 saturated heterocycles. The van der Waals surface area contributed by atoms with E-state index in [0.717, 1.165) is 22.5 Å². The first-order chi connectivity index (χ1) is 11.4. The second kappa shape index (κ2) is 6.45. The van der Waals surface area contributed by atoms with Crippen LogP contribution in [0.5, 0.6) is 0 Å². The summed E-state index contributed by atoms with van der Waals surface area (Å²) in [6.45, 7) is 0.501. The van der Waals surface area contributed by atoms with Crippen molar-refractivity contribution in [2.24, 2.45) is 0 Å². The summed E-state index contributed by atoms with van der Waals surface area (Å²) in [7, 11) is -4.28. The molecule has 1 fully saturated rings. The van der Waals surface area contributed by atoms with Crippen LogP contribution in [0.25, 0.3) is 0 Å². The molecule has 8 heteroatoms. The molecule has 0 bridgehead atoms. The van der Waals surface area contributed by atoms with E-state index >= 15 is 0 Å². The number of rotatable bonds is 3. The zero-order valence-electron chi connectivity index (χ0n) is 12.6. The number of piperazine rings is 1. The van der Waals surface area contributed by atoms with E-state index in [1.54, 1.807) is 23.1 Å².